The van der Waals surface area contributed by atoms with Crippen LogP contribution in [0.4, 0.5) is 4.39 Å². The number of amides is 1. The van der Waals surface area contributed by atoms with Crippen LogP contribution in [0.15, 0.2) is 28.7 Å². The van der Waals surface area contributed by atoms with Gasteiger partial charge in [0.05, 0.1) is 11.3 Å². The number of nitrogens with one attached hydrogen (secondary N) is 1. The Morgan fingerprint density at radius 3 is 2.53 bits per heavy atom. The van der Waals surface area contributed by atoms with E-state index >= 15 is 0 Å². The normalized spacial score (nSPS) is 19.5. The quantitative estimate of drug-likeness (QED) is 0.713. The van der Waals surface area contributed by atoms with Crippen LogP contribution in [0.2, 0.25) is 0 Å². The summed E-state index contributed by atoms with van der Waals surface area (Å²) in [7, 11) is 0. The molecule has 0 bridgehead atoms. The molecule has 1 aromatic heterocycles. The van der Waals surface area contributed by atoms with Crippen LogP contribution in [0.5, 0.6) is 0 Å². The van der Waals surface area contributed by atoms with Crippen LogP contribution in [0.25, 0.3) is 11.5 Å². The molecule has 2 aromatic rings. The molecule has 6 heteroatoms. The van der Waals surface area contributed by atoms with Gasteiger partial charge in [0.15, 0.2) is 0 Å². The third kappa shape index (κ3) is 5.09. The minimum atomic E-state index is -0.328. The fourth-order valence-corrected chi connectivity index (χ4v) is 4.63. The van der Waals surface area contributed by atoms with Crippen molar-refractivity contribution in [1.29, 1.82) is 0 Å². The van der Waals surface area contributed by atoms with Gasteiger partial charge >= 0.3 is 0 Å². The maximum atomic E-state index is 14.0. The summed E-state index contributed by atoms with van der Waals surface area (Å²) in [5.41, 5.74) is 1.23. The summed E-state index contributed by atoms with van der Waals surface area (Å²) < 4.78 is 19.8. The first-order chi connectivity index (χ1) is 14.6. The number of likely N-dealkylation sites (tertiary alicyclic amines) is 1. The largest absolute Gasteiger partial charge is 0.441 e. The van der Waals surface area contributed by atoms with Crippen molar-refractivity contribution in [3.05, 3.63) is 41.5 Å². The van der Waals surface area contributed by atoms with E-state index < -0.39 is 0 Å². The standard InChI is InChI=1S/C24H32FN3O2/c1-17-22(27-24(30-17)20-10-6-7-11-21(20)25)16-28-14-12-18(13-15-28)23(29)26-19-8-4-2-3-5-9-19/h6-7,10-11,18-19H,2-5,8-9,12-16H2,1H3,(H,26,29). The number of carbonyl (C=O) groups is 1. The van der Waals surface area contributed by atoms with Gasteiger partial charge in [-0.15, -0.1) is 0 Å². The lowest BCUT2D eigenvalue weighted by Crippen LogP contribution is -2.43. The molecule has 0 spiro atoms. The molecule has 0 radical (unpaired) electrons. The third-order valence-corrected chi connectivity index (χ3v) is 6.53. The smallest absolute Gasteiger partial charge is 0.229 e. The molecular formula is C24H32FN3O2. The van der Waals surface area contributed by atoms with Gasteiger partial charge in [0.2, 0.25) is 11.8 Å². The molecule has 2 fully saturated rings. The van der Waals surface area contributed by atoms with Crippen LogP contribution < -0.4 is 5.32 Å². The summed E-state index contributed by atoms with van der Waals surface area (Å²) in [5, 5.41) is 3.31. The van der Waals surface area contributed by atoms with Crippen molar-refractivity contribution in [3.8, 4) is 11.5 Å². The molecule has 0 unspecified atom stereocenters. The molecule has 2 heterocycles. The summed E-state index contributed by atoms with van der Waals surface area (Å²) in [6.45, 7) is 4.27. The molecule has 1 aromatic carbocycles. The maximum absolute atomic E-state index is 14.0. The van der Waals surface area contributed by atoms with Crippen molar-refractivity contribution in [2.24, 2.45) is 5.92 Å². The summed E-state index contributed by atoms with van der Waals surface area (Å²) in [6, 6.07) is 6.91. The highest BCUT2D eigenvalue weighted by Gasteiger charge is 2.27. The van der Waals surface area contributed by atoms with Crippen LogP contribution in [-0.2, 0) is 11.3 Å². The number of piperidine rings is 1. The van der Waals surface area contributed by atoms with Crippen molar-refractivity contribution >= 4 is 5.91 Å². The number of hydrogen-bond acceptors (Lipinski definition) is 4. The first kappa shape index (κ1) is 21.0. The van der Waals surface area contributed by atoms with Gasteiger partial charge in [-0.2, -0.15) is 0 Å². The molecule has 1 saturated carbocycles. The van der Waals surface area contributed by atoms with Crippen LogP contribution in [0.1, 0.15) is 62.8 Å². The number of hydrogen-bond donors (Lipinski definition) is 1. The average Bonchev–Trinajstić information content (AvgIpc) is 2.93. The van der Waals surface area contributed by atoms with Gasteiger partial charge < -0.3 is 9.73 Å². The fraction of sp³-hybridized carbons (Fsp3) is 0.583. The number of aryl methyl sites for hydroxylation is 1. The Morgan fingerprint density at radius 1 is 1.13 bits per heavy atom. The zero-order valence-corrected chi connectivity index (χ0v) is 17.8. The molecule has 30 heavy (non-hydrogen) atoms. The molecule has 5 nitrogen and oxygen atoms in total. The van der Waals surface area contributed by atoms with E-state index in [0.29, 0.717) is 24.0 Å². The Kier molecular flexibility index (Phi) is 6.82. The third-order valence-electron chi connectivity index (χ3n) is 6.53. The Labute approximate surface area is 178 Å². The molecule has 2 aliphatic rings. The van der Waals surface area contributed by atoms with Crippen molar-refractivity contribution in [2.45, 2.75) is 70.9 Å². The summed E-state index contributed by atoms with van der Waals surface area (Å²) in [6.07, 6.45) is 9.05. The molecule has 1 aliphatic heterocycles. The lowest BCUT2D eigenvalue weighted by molar-refractivity contribution is -0.127. The highest BCUT2D eigenvalue weighted by molar-refractivity contribution is 5.79. The van der Waals surface area contributed by atoms with E-state index in [1.54, 1.807) is 18.2 Å². The number of halogens is 1. The lowest BCUT2D eigenvalue weighted by Gasteiger charge is -2.31. The molecule has 1 aliphatic carbocycles. The minimum absolute atomic E-state index is 0.108. The number of carbonyl (C=O) groups excluding carboxylic acids is 1. The van der Waals surface area contributed by atoms with E-state index in [1.165, 1.54) is 31.7 Å². The van der Waals surface area contributed by atoms with E-state index in [1.807, 2.05) is 6.92 Å². The van der Waals surface area contributed by atoms with Gasteiger partial charge in [-0.1, -0.05) is 37.8 Å². The van der Waals surface area contributed by atoms with Crippen molar-refractivity contribution < 1.29 is 13.6 Å². The number of nitrogens with zero attached hydrogens (tertiary/aromatic N) is 2. The van der Waals surface area contributed by atoms with Gasteiger partial charge in [0.1, 0.15) is 11.6 Å². The predicted octanol–water partition coefficient (Wildman–Crippen LogP) is 4.84. The molecule has 4 rings (SSSR count). The Hall–Kier alpha value is -2.21. The average molecular weight is 414 g/mol. The Balaban J connectivity index is 1.30. The second kappa shape index (κ2) is 9.73. The van der Waals surface area contributed by atoms with Gasteiger partial charge in [-0.05, 0) is 57.8 Å². The van der Waals surface area contributed by atoms with Gasteiger partial charge in [0, 0.05) is 18.5 Å². The topological polar surface area (TPSA) is 58.4 Å². The summed E-state index contributed by atoms with van der Waals surface area (Å²) in [4.78, 5) is 19.6. The van der Waals surface area contributed by atoms with Crippen LogP contribution in [-0.4, -0.2) is 34.9 Å². The number of oxazole rings is 1. The fourth-order valence-electron chi connectivity index (χ4n) is 4.63. The zero-order valence-electron chi connectivity index (χ0n) is 17.8. The maximum Gasteiger partial charge on any atom is 0.229 e. The summed E-state index contributed by atoms with van der Waals surface area (Å²) >= 11 is 0. The second-order valence-electron chi connectivity index (χ2n) is 8.75. The molecule has 0 atom stereocenters. The zero-order chi connectivity index (χ0) is 20.9. The van der Waals surface area contributed by atoms with E-state index in [2.05, 4.69) is 15.2 Å². The number of rotatable bonds is 5. The van der Waals surface area contributed by atoms with Crippen LogP contribution >= 0.6 is 0 Å². The number of aromatic nitrogens is 1. The molecular weight excluding hydrogens is 381 g/mol. The van der Waals surface area contributed by atoms with E-state index in [9.17, 15) is 9.18 Å². The second-order valence-corrected chi connectivity index (χ2v) is 8.75. The molecule has 1 saturated heterocycles. The van der Waals surface area contributed by atoms with Gasteiger partial charge in [-0.3, -0.25) is 9.69 Å². The van der Waals surface area contributed by atoms with Gasteiger partial charge in [-0.25, -0.2) is 9.37 Å². The van der Waals surface area contributed by atoms with E-state index in [-0.39, 0.29) is 17.6 Å². The predicted molar refractivity (Wildman–Crippen MR) is 114 cm³/mol. The minimum Gasteiger partial charge on any atom is -0.441 e. The first-order valence-electron chi connectivity index (χ1n) is 11.3. The van der Waals surface area contributed by atoms with Crippen LogP contribution in [0, 0.1) is 18.7 Å². The van der Waals surface area contributed by atoms with E-state index in [0.717, 1.165) is 50.2 Å². The van der Waals surface area contributed by atoms with Crippen molar-refractivity contribution in [3.63, 3.8) is 0 Å². The monoisotopic (exact) mass is 413 g/mol. The number of benzene rings is 1. The molecule has 1 amide bonds. The highest BCUT2D eigenvalue weighted by atomic mass is 19.1. The van der Waals surface area contributed by atoms with Crippen molar-refractivity contribution in [2.75, 3.05) is 13.1 Å². The van der Waals surface area contributed by atoms with E-state index in [4.69, 9.17) is 4.42 Å². The molecule has 162 valence electrons. The van der Waals surface area contributed by atoms with Gasteiger partial charge in [0.25, 0.3) is 0 Å². The SMILES string of the molecule is Cc1oc(-c2ccccc2F)nc1CN1CCC(C(=O)NC2CCCCCC2)CC1. The Morgan fingerprint density at radius 2 is 1.83 bits per heavy atom. The highest BCUT2D eigenvalue weighted by Crippen LogP contribution is 2.26. The lowest BCUT2D eigenvalue weighted by atomic mass is 9.95. The summed E-state index contributed by atoms with van der Waals surface area (Å²) in [5.74, 6) is 1.07. The first-order valence-corrected chi connectivity index (χ1v) is 11.3. The van der Waals surface area contributed by atoms with Crippen molar-refractivity contribution in [1.82, 2.24) is 15.2 Å². The molecule has 1 N–H and O–H groups in total. The Bertz CT molecular complexity index is 850. The van der Waals surface area contributed by atoms with Crippen LogP contribution in [0.3, 0.4) is 0 Å².